The molecule has 1 aromatic rings. The highest BCUT2D eigenvalue weighted by atomic mass is 16.5. The number of rotatable bonds is 2. The summed E-state index contributed by atoms with van der Waals surface area (Å²) in [6.07, 6.45) is 3.42. The Morgan fingerprint density at radius 3 is 3.11 bits per heavy atom. The van der Waals surface area contributed by atoms with Crippen LogP contribution in [-0.4, -0.2) is 30.6 Å². The maximum atomic E-state index is 9.21. The van der Waals surface area contributed by atoms with E-state index in [4.69, 9.17) is 4.74 Å². The van der Waals surface area contributed by atoms with Crippen molar-refractivity contribution in [3.63, 3.8) is 0 Å². The third-order valence-corrected chi connectivity index (χ3v) is 4.02. The van der Waals surface area contributed by atoms with Gasteiger partial charge < -0.3 is 4.74 Å². The number of fused-ring (bicyclic) bond motifs is 1. The molecule has 94 valence electrons. The van der Waals surface area contributed by atoms with Gasteiger partial charge >= 0.3 is 0 Å². The van der Waals surface area contributed by atoms with Gasteiger partial charge in [-0.15, -0.1) is 0 Å². The molecule has 0 bridgehead atoms. The van der Waals surface area contributed by atoms with Crippen LogP contribution in [0.4, 0.5) is 0 Å². The highest BCUT2D eigenvalue weighted by Crippen LogP contribution is 2.34. The zero-order valence-corrected chi connectivity index (χ0v) is 10.5. The van der Waals surface area contributed by atoms with E-state index in [0.717, 1.165) is 31.9 Å². The highest BCUT2D eigenvalue weighted by Gasteiger charge is 2.29. The van der Waals surface area contributed by atoms with Crippen molar-refractivity contribution < 1.29 is 4.74 Å². The van der Waals surface area contributed by atoms with Crippen molar-refractivity contribution in [1.82, 2.24) is 4.90 Å². The molecule has 1 aromatic carbocycles. The van der Waals surface area contributed by atoms with Gasteiger partial charge in [0.05, 0.1) is 18.7 Å². The third-order valence-electron chi connectivity index (χ3n) is 4.02. The zero-order chi connectivity index (χ0) is 12.4. The lowest BCUT2D eigenvalue weighted by Gasteiger charge is -2.32. The van der Waals surface area contributed by atoms with E-state index in [0.29, 0.717) is 5.92 Å². The maximum Gasteiger partial charge on any atom is 0.122 e. The first-order chi connectivity index (χ1) is 8.88. The van der Waals surface area contributed by atoms with Crippen molar-refractivity contribution in [2.75, 3.05) is 19.7 Å². The molecule has 1 fully saturated rings. The minimum absolute atomic E-state index is 0.103. The topological polar surface area (TPSA) is 36.3 Å². The van der Waals surface area contributed by atoms with Gasteiger partial charge in [0.2, 0.25) is 0 Å². The third kappa shape index (κ3) is 2.09. The average molecular weight is 242 g/mol. The quantitative estimate of drug-likeness (QED) is 0.799. The largest absolute Gasteiger partial charge is 0.493 e. The van der Waals surface area contributed by atoms with Gasteiger partial charge in [-0.25, -0.2) is 0 Å². The summed E-state index contributed by atoms with van der Waals surface area (Å²) in [5, 5.41) is 9.21. The molecule has 3 heteroatoms. The van der Waals surface area contributed by atoms with Crippen LogP contribution in [0.3, 0.4) is 0 Å². The second-order valence-corrected chi connectivity index (χ2v) is 5.18. The van der Waals surface area contributed by atoms with E-state index in [1.54, 1.807) is 0 Å². The molecule has 0 amide bonds. The molecular weight excluding hydrogens is 224 g/mol. The summed E-state index contributed by atoms with van der Waals surface area (Å²) in [6.45, 7) is 2.76. The summed E-state index contributed by atoms with van der Waals surface area (Å²) >= 11 is 0. The molecule has 0 saturated carbocycles. The summed E-state index contributed by atoms with van der Waals surface area (Å²) in [7, 11) is 0. The van der Waals surface area contributed by atoms with Crippen LogP contribution in [0.5, 0.6) is 5.75 Å². The maximum absolute atomic E-state index is 9.21. The number of ether oxygens (including phenoxy) is 1. The SMILES string of the molecule is N#CC1CCCCN1CC1COc2ccccc21. The fourth-order valence-corrected chi connectivity index (χ4v) is 3.02. The Labute approximate surface area is 108 Å². The number of benzene rings is 1. The minimum Gasteiger partial charge on any atom is -0.493 e. The van der Waals surface area contributed by atoms with E-state index in [9.17, 15) is 5.26 Å². The Hall–Kier alpha value is -1.53. The normalized spacial score (nSPS) is 27.3. The molecule has 2 aliphatic heterocycles. The number of piperidine rings is 1. The lowest BCUT2D eigenvalue weighted by Crippen LogP contribution is -2.41. The van der Waals surface area contributed by atoms with Crippen LogP contribution in [0.15, 0.2) is 24.3 Å². The molecule has 0 radical (unpaired) electrons. The molecule has 2 atom stereocenters. The van der Waals surface area contributed by atoms with Crippen molar-refractivity contribution in [1.29, 1.82) is 5.26 Å². The highest BCUT2D eigenvalue weighted by molar-refractivity contribution is 5.39. The smallest absolute Gasteiger partial charge is 0.122 e. The van der Waals surface area contributed by atoms with E-state index in [-0.39, 0.29) is 6.04 Å². The summed E-state index contributed by atoms with van der Waals surface area (Å²) in [4.78, 5) is 2.33. The number of nitriles is 1. The molecular formula is C15H18N2O. The molecule has 0 spiro atoms. The van der Waals surface area contributed by atoms with Gasteiger partial charge in [0.1, 0.15) is 5.75 Å². The minimum atomic E-state index is 0.103. The van der Waals surface area contributed by atoms with Crippen LogP contribution >= 0.6 is 0 Å². The van der Waals surface area contributed by atoms with Gasteiger partial charge in [-0.2, -0.15) is 5.26 Å². The first-order valence-corrected chi connectivity index (χ1v) is 6.74. The predicted molar refractivity (Wildman–Crippen MR) is 69.5 cm³/mol. The first kappa shape index (κ1) is 11.6. The molecule has 0 aliphatic carbocycles. The Bertz CT molecular complexity index is 466. The summed E-state index contributed by atoms with van der Waals surface area (Å²) in [5.41, 5.74) is 1.31. The molecule has 18 heavy (non-hydrogen) atoms. The Kier molecular flexibility index (Phi) is 3.21. The molecule has 3 nitrogen and oxygen atoms in total. The molecule has 0 aromatic heterocycles. The Morgan fingerprint density at radius 1 is 1.33 bits per heavy atom. The van der Waals surface area contributed by atoms with Gasteiger partial charge in [0.25, 0.3) is 0 Å². The zero-order valence-electron chi connectivity index (χ0n) is 10.5. The second-order valence-electron chi connectivity index (χ2n) is 5.18. The first-order valence-electron chi connectivity index (χ1n) is 6.74. The number of hydrogen-bond donors (Lipinski definition) is 0. The Morgan fingerprint density at radius 2 is 2.22 bits per heavy atom. The van der Waals surface area contributed by atoms with E-state index in [2.05, 4.69) is 23.1 Å². The van der Waals surface area contributed by atoms with Crippen molar-refractivity contribution >= 4 is 0 Å². The number of nitrogens with zero attached hydrogens (tertiary/aromatic N) is 2. The summed E-state index contributed by atoms with van der Waals surface area (Å²) < 4.78 is 5.71. The second kappa shape index (κ2) is 4.99. The lowest BCUT2D eigenvalue weighted by atomic mass is 9.97. The van der Waals surface area contributed by atoms with Crippen LogP contribution in [0.2, 0.25) is 0 Å². The summed E-state index contributed by atoms with van der Waals surface area (Å²) in [6, 6.07) is 10.8. The van der Waals surface area contributed by atoms with Gasteiger partial charge in [0.15, 0.2) is 0 Å². The van der Waals surface area contributed by atoms with Gasteiger partial charge in [-0.1, -0.05) is 18.2 Å². The van der Waals surface area contributed by atoms with Crippen LogP contribution in [0.25, 0.3) is 0 Å². The van der Waals surface area contributed by atoms with Crippen molar-refractivity contribution in [2.45, 2.75) is 31.2 Å². The fourth-order valence-electron chi connectivity index (χ4n) is 3.02. The molecule has 3 rings (SSSR count). The molecule has 2 aliphatic rings. The van der Waals surface area contributed by atoms with E-state index < -0.39 is 0 Å². The monoisotopic (exact) mass is 242 g/mol. The van der Waals surface area contributed by atoms with Crippen molar-refractivity contribution in [3.05, 3.63) is 29.8 Å². The number of hydrogen-bond acceptors (Lipinski definition) is 3. The molecule has 2 heterocycles. The summed E-state index contributed by atoms with van der Waals surface area (Å²) in [5.74, 6) is 1.45. The van der Waals surface area contributed by atoms with Crippen molar-refractivity contribution in [2.24, 2.45) is 0 Å². The van der Waals surface area contributed by atoms with Gasteiger partial charge in [-0.05, 0) is 31.9 Å². The fraction of sp³-hybridized carbons (Fsp3) is 0.533. The van der Waals surface area contributed by atoms with Crippen LogP contribution < -0.4 is 4.74 Å². The molecule has 0 N–H and O–H groups in total. The molecule has 2 unspecified atom stereocenters. The standard InChI is InChI=1S/C15H18N2O/c16-9-13-5-3-4-8-17(13)10-12-11-18-15-7-2-1-6-14(12)15/h1-2,6-7,12-13H,3-5,8,10-11H2. The van der Waals surface area contributed by atoms with E-state index in [1.807, 2.05) is 12.1 Å². The van der Waals surface area contributed by atoms with E-state index >= 15 is 0 Å². The molecule has 1 saturated heterocycles. The van der Waals surface area contributed by atoms with Gasteiger partial charge in [-0.3, -0.25) is 4.90 Å². The predicted octanol–water partition coefficient (Wildman–Crippen LogP) is 2.54. The van der Waals surface area contributed by atoms with Crippen molar-refractivity contribution in [3.8, 4) is 11.8 Å². The lowest BCUT2D eigenvalue weighted by molar-refractivity contribution is 0.165. The van der Waals surface area contributed by atoms with Crippen LogP contribution in [0.1, 0.15) is 30.7 Å². The van der Waals surface area contributed by atoms with Crippen LogP contribution in [0, 0.1) is 11.3 Å². The number of para-hydroxylation sites is 1. The van der Waals surface area contributed by atoms with Gasteiger partial charge in [0, 0.05) is 18.0 Å². The average Bonchev–Trinajstić information content (AvgIpc) is 2.83. The van der Waals surface area contributed by atoms with E-state index in [1.165, 1.54) is 18.4 Å². The number of likely N-dealkylation sites (tertiary alicyclic amines) is 1. The Balaban J connectivity index is 1.72. The van der Waals surface area contributed by atoms with Crippen LogP contribution in [-0.2, 0) is 0 Å².